The summed E-state index contributed by atoms with van der Waals surface area (Å²) in [5.41, 5.74) is 0.837. The first-order valence-electron chi connectivity index (χ1n) is 11.6. The third kappa shape index (κ3) is 5.07. The van der Waals surface area contributed by atoms with Crippen molar-refractivity contribution >= 4 is 51.7 Å². The minimum atomic E-state index is -0.179. The molecule has 1 N–H and O–H groups in total. The highest BCUT2D eigenvalue weighted by Crippen LogP contribution is 2.33. The van der Waals surface area contributed by atoms with E-state index < -0.39 is 0 Å². The Morgan fingerprint density at radius 3 is 2.78 bits per heavy atom. The molecule has 2 aromatic rings. The number of hydrogen-bond donors (Lipinski definition) is 1. The first-order chi connectivity index (χ1) is 15.6. The first kappa shape index (κ1) is 23.0. The highest BCUT2D eigenvalue weighted by atomic mass is 32.2. The van der Waals surface area contributed by atoms with Gasteiger partial charge in [-0.05, 0) is 37.5 Å². The van der Waals surface area contributed by atoms with E-state index in [1.54, 1.807) is 17.2 Å². The van der Waals surface area contributed by atoms with E-state index >= 15 is 0 Å². The van der Waals surface area contributed by atoms with Crippen LogP contribution in [-0.4, -0.2) is 37.1 Å². The van der Waals surface area contributed by atoms with Crippen LogP contribution in [0.2, 0.25) is 0 Å². The molecule has 0 radical (unpaired) electrons. The number of carbonyl (C=O) groups is 1. The number of carbonyl (C=O) groups excluding carboxylic acids is 1. The standard InChI is InChI=1S/C24H30N4O2S2/c1-2-3-4-9-15-28-23(30)19(32-24(28)31)16-18-21(25-17-11-6-5-7-12-17)26-20-13-8-10-14-27(20)22(18)29/h8,10,13-14,16-17,25H,2-7,9,11-12,15H2,1H3. The van der Waals surface area contributed by atoms with Crippen molar-refractivity contribution in [2.45, 2.75) is 70.8 Å². The average Bonchev–Trinajstić information content (AvgIpc) is 3.07. The van der Waals surface area contributed by atoms with Crippen LogP contribution in [0.15, 0.2) is 34.1 Å². The summed E-state index contributed by atoms with van der Waals surface area (Å²) in [6.45, 7) is 2.79. The van der Waals surface area contributed by atoms with Gasteiger partial charge in [-0.1, -0.05) is 75.5 Å². The van der Waals surface area contributed by atoms with Gasteiger partial charge >= 0.3 is 0 Å². The maximum Gasteiger partial charge on any atom is 0.267 e. The van der Waals surface area contributed by atoms with E-state index in [2.05, 4.69) is 12.2 Å². The molecule has 4 rings (SSSR count). The molecule has 32 heavy (non-hydrogen) atoms. The van der Waals surface area contributed by atoms with Gasteiger partial charge < -0.3 is 5.32 Å². The topological polar surface area (TPSA) is 66.7 Å². The fourth-order valence-electron chi connectivity index (χ4n) is 4.30. The van der Waals surface area contributed by atoms with Crippen LogP contribution in [0.1, 0.15) is 70.3 Å². The summed E-state index contributed by atoms with van der Waals surface area (Å²) in [7, 11) is 0. The molecule has 1 saturated heterocycles. The predicted octanol–water partition coefficient (Wildman–Crippen LogP) is 5.22. The monoisotopic (exact) mass is 470 g/mol. The van der Waals surface area contributed by atoms with Crippen molar-refractivity contribution < 1.29 is 4.79 Å². The molecule has 1 aliphatic carbocycles. The SMILES string of the molecule is CCCCCCN1C(=O)C(=Cc2c(NC3CCCCC3)nc3ccccn3c2=O)SC1=S. The van der Waals surface area contributed by atoms with Gasteiger partial charge in [0.2, 0.25) is 0 Å². The van der Waals surface area contributed by atoms with Crippen molar-refractivity contribution in [3.8, 4) is 0 Å². The molecule has 2 aliphatic rings. The van der Waals surface area contributed by atoms with Crippen LogP contribution in [-0.2, 0) is 4.79 Å². The highest BCUT2D eigenvalue weighted by molar-refractivity contribution is 8.26. The second kappa shape index (κ2) is 10.6. The normalized spacial score (nSPS) is 18.8. The Morgan fingerprint density at radius 2 is 2.00 bits per heavy atom. The molecule has 1 amide bonds. The number of amides is 1. The van der Waals surface area contributed by atoms with Crippen LogP contribution in [0.4, 0.5) is 5.82 Å². The number of thioether (sulfide) groups is 1. The van der Waals surface area contributed by atoms with Crippen molar-refractivity contribution in [3.63, 3.8) is 0 Å². The van der Waals surface area contributed by atoms with E-state index in [4.69, 9.17) is 17.2 Å². The smallest absolute Gasteiger partial charge is 0.267 e. The van der Waals surface area contributed by atoms with E-state index in [9.17, 15) is 9.59 Å². The number of unbranched alkanes of at least 4 members (excludes halogenated alkanes) is 3. The molecule has 0 atom stereocenters. The van der Waals surface area contributed by atoms with Crippen LogP contribution in [0.25, 0.3) is 11.7 Å². The maximum atomic E-state index is 13.4. The third-order valence-electron chi connectivity index (χ3n) is 6.10. The largest absolute Gasteiger partial charge is 0.367 e. The van der Waals surface area contributed by atoms with Gasteiger partial charge in [0, 0.05) is 18.8 Å². The Labute approximate surface area is 198 Å². The van der Waals surface area contributed by atoms with Crippen molar-refractivity contribution in [3.05, 3.63) is 45.2 Å². The lowest BCUT2D eigenvalue weighted by Crippen LogP contribution is -2.29. The fourth-order valence-corrected chi connectivity index (χ4v) is 5.59. The summed E-state index contributed by atoms with van der Waals surface area (Å²) >= 11 is 6.75. The molecule has 1 aliphatic heterocycles. The fraction of sp³-hybridized carbons (Fsp3) is 0.500. The average molecular weight is 471 g/mol. The first-order valence-corrected chi connectivity index (χ1v) is 12.8. The number of hydrogen-bond acceptors (Lipinski definition) is 6. The molecule has 170 valence electrons. The minimum Gasteiger partial charge on any atom is -0.367 e. The number of aromatic nitrogens is 2. The lowest BCUT2D eigenvalue weighted by atomic mass is 9.95. The Kier molecular flexibility index (Phi) is 7.63. The van der Waals surface area contributed by atoms with E-state index in [1.165, 1.54) is 35.4 Å². The summed E-state index contributed by atoms with van der Waals surface area (Å²) in [4.78, 5) is 33.3. The van der Waals surface area contributed by atoms with Gasteiger partial charge in [-0.3, -0.25) is 18.9 Å². The third-order valence-corrected chi connectivity index (χ3v) is 7.48. The number of thiocarbonyl (C=S) groups is 1. The highest BCUT2D eigenvalue weighted by Gasteiger charge is 2.32. The summed E-state index contributed by atoms with van der Waals surface area (Å²) in [5, 5.41) is 3.51. The molecule has 2 fully saturated rings. The number of nitrogens with one attached hydrogen (secondary N) is 1. The lowest BCUT2D eigenvalue weighted by Gasteiger charge is -2.24. The second-order valence-corrected chi connectivity index (χ2v) is 10.2. The molecule has 8 heteroatoms. The molecule has 6 nitrogen and oxygen atoms in total. The molecule has 1 saturated carbocycles. The lowest BCUT2D eigenvalue weighted by molar-refractivity contribution is -0.122. The Bertz CT molecular complexity index is 1090. The van der Waals surface area contributed by atoms with Crippen LogP contribution in [0, 0.1) is 0 Å². The van der Waals surface area contributed by atoms with Crippen LogP contribution < -0.4 is 10.9 Å². The van der Waals surface area contributed by atoms with Crippen LogP contribution in [0.5, 0.6) is 0 Å². The minimum absolute atomic E-state index is 0.113. The van der Waals surface area contributed by atoms with Gasteiger partial charge in [-0.2, -0.15) is 0 Å². The van der Waals surface area contributed by atoms with Crippen LogP contribution in [0.3, 0.4) is 0 Å². The zero-order chi connectivity index (χ0) is 22.5. The predicted molar refractivity (Wildman–Crippen MR) is 136 cm³/mol. The second-order valence-electron chi connectivity index (χ2n) is 8.48. The quantitative estimate of drug-likeness (QED) is 0.324. The molecule has 0 aromatic carbocycles. The zero-order valence-corrected chi connectivity index (χ0v) is 20.1. The Balaban J connectivity index is 1.66. The van der Waals surface area contributed by atoms with Gasteiger partial charge in [0.15, 0.2) is 0 Å². The Hall–Kier alpha value is -2.19. The molecule has 2 aromatic heterocycles. The van der Waals surface area contributed by atoms with Crippen molar-refractivity contribution in [1.82, 2.24) is 14.3 Å². The van der Waals surface area contributed by atoms with Gasteiger partial charge in [0.1, 0.15) is 15.8 Å². The van der Waals surface area contributed by atoms with E-state index in [0.717, 1.165) is 38.5 Å². The van der Waals surface area contributed by atoms with Crippen molar-refractivity contribution in [2.24, 2.45) is 0 Å². The van der Waals surface area contributed by atoms with Gasteiger partial charge in [0.25, 0.3) is 11.5 Å². The van der Waals surface area contributed by atoms with E-state index in [0.29, 0.717) is 38.8 Å². The summed E-state index contributed by atoms with van der Waals surface area (Å²) in [6, 6.07) is 5.80. The molecule has 3 heterocycles. The number of pyridine rings is 1. The summed E-state index contributed by atoms with van der Waals surface area (Å²) in [6.07, 6.45) is 13.4. The number of anilines is 1. The summed E-state index contributed by atoms with van der Waals surface area (Å²) in [5.74, 6) is 0.444. The van der Waals surface area contributed by atoms with Gasteiger partial charge in [-0.15, -0.1) is 0 Å². The van der Waals surface area contributed by atoms with Crippen LogP contribution >= 0.6 is 24.0 Å². The van der Waals surface area contributed by atoms with Crippen molar-refractivity contribution in [1.29, 1.82) is 0 Å². The number of rotatable bonds is 8. The molecule has 0 unspecified atom stereocenters. The zero-order valence-electron chi connectivity index (χ0n) is 18.5. The van der Waals surface area contributed by atoms with Gasteiger partial charge in [-0.25, -0.2) is 4.98 Å². The van der Waals surface area contributed by atoms with E-state index in [-0.39, 0.29) is 11.5 Å². The molecular formula is C24H30N4O2S2. The van der Waals surface area contributed by atoms with Gasteiger partial charge in [0.05, 0.1) is 10.5 Å². The number of nitrogens with zero attached hydrogens (tertiary/aromatic N) is 3. The molecule has 0 bridgehead atoms. The molecule has 0 spiro atoms. The van der Waals surface area contributed by atoms with E-state index in [1.807, 2.05) is 18.2 Å². The summed E-state index contributed by atoms with van der Waals surface area (Å²) < 4.78 is 2.09. The maximum absolute atomic E-state index is 13.4. The Morgan fingerprint density at radius 1 is 1.19 bits per heavy atom. The number of fused-ring (bicyclic) bond motifs is 1. The molecular weight excluding hydrogens is 440 g/mol. The van der Waals surface area contributed by atoms with Crippen molar-refractivity contribution in [2.75, 3.05) is 11.9 Å².